The minimum Gasteiger partial charge on any atom is -0.399 e. The first-order chi connectivity index (χ1) is 5.43. The number of rotatable bonds is 1. The first-order valence-corrected chi connectivity index (χ1v) is 3.66. The van der Waals surface area contributed by atoms with Gasteiger partial charge in [0.2, 0.25) is 0 Å². The smallest absolute Gasteiger partial charge is 0.270 e. The standard InChI is InChI=1S/C9H11F2N/c1-6-7(9(2,10)11)4-3-5-8(6)12/h3-5H,12H2,1-2H3. The highest BCUT2D eigenvalue weighted by atomic mass is 19.3. The molecule has 0 aliphatic rings. The van der Waals surface area contributed by atoms with Crippen LogP contribution < -0.4 is 5.73 Å². The molecule has 1 aromatic carbocycles. The zero-order valence-corrected chi connectivity index (χ0v) is 7.07. The number of nitrogens with two attached hydrogens (primary N) is 1. The first-order valence-electron chi connectivity index (χ1n) is 3.66. The summed E-state index contributed by atoms with van der Waals surface area (Å²) in [5.41, 5.74) is 6.36. The summed E-state index contributed by atoms with van der Waals surface area (Å²) in [6.45, 7) is 2.47. The highest BCUT2D eigenvalue weighted by Gasteiger charge is 2.26. The van der Waals surface area contributed by atoms with Gasteiger partial charge in [0.25, 0.3) is 5.92 Å². The molecule has 0 aliphatic carbocycles. The zero-order chi connectivity index (χ0) is 9.35. The highest BCUT2D eigenvalue weighted by molar-refractivity contribution is 5.51. The zero-order valence-electron chi connectivity index (χ0n) is 7.07. The predicted molar refractivity (Wildman–Crippen MR) is 45.2 cm³/mol. The van der Waals surface area contributed by atoms with Crippen molar-refractivity contribution >= 4 is 5.69 Å². The van der Waals surface area contributed by atoms with Gasteiger partial charge in [-0.2, -0.15) is 0 Å². The van der Waals surface area contributed by atoms with E-state index in [2.05, 4.69) is 0 Å². The number of anilines is 1. The van der Waals surface area contributed by atoms with Crippen molar-refractivity contribution in [3.63, 3.8) is 0 Å². The third-order valence-corrected chi connectivity index (χ3v) is 1.85. The Kier molecular flexibility index (Phi) is 2.04. The Morgan fingerprint density at radius 1 is 1.33 bits per heavy atom. The summed E-state index contributed by atoms with van der Waals surface area (Å²) < 4.78 is 25.7. The lowest BCUT2D eigenvalue weighted by molar-refractivity contribution is 0.0169. The van der Waals surface area contributed by atoms with Crippen LogP contribution in [0.4, 0.5) is 14.5 Å². The van der Waals surface area contributed by atoms with Crippen molar-refractivity contribution in [2.45, 2.75) is 19.8 Å². The fourth-order valence-electron chi connectivity index (χ4n) is 1.13. The molecule has 0 unspecified atom stereocenters. The molecular weight excluding hydrogens is 160 g/mol. The van der Waals surface area contributed by atoms with E-state index in [4.69, 9.17) is 5.73 Å². The largest absolute Gasteiger partial charge is 0.399 e. The monoisotopic (exact) mass is 171 g/mol. The van der Waals surface area contributed by atoms with Crippen molar-refractivity contribution in [3.8, 4) is 0 Å². The number of hydrogen-bond acceptors (Lipinski definition) is 1. The lowest BCUT2D eigenvalue weighted by Crippen LogP contribution is -2.10. The minimum atomic E-state index is -2.81. The van der Waals surface area contributed by atoms with Crippen LogP contribution in [0.3, 0.4) is 0 Å². The fraction of sp³-hybridized carbons (Fsp3) is 0.333. The van der Waals surface area contributed by atoms with Crippen molar-refractivity contribution < 1.29 is 8.78 Å². The second-order valence-electron chi connectivity index (χ2n) is 2.91. The van der Waals surface area contributed by atoms with Crippen molar-refractivity contribution in [2.75, 3.05) is 5.73 Å². The van der Waals surface area contributed by atoms with Crippen LogP contribution >= 0.6 is 0 Å². The van der Waals surface area contributed by atoms with E-state index in [1.165, 1.54) is 12.1 Å². The van der Waals surface area contributed by atoms with E-state index >= 15 is 0 Å². The minimum absolute atomic E-state index is 0.00231. The Balaban J connectivity index is 3.26. The highest BCUT2D eigenvalue weighted by Crippen LogP contribution is 2.31. The van der Waals surface area contributed by atoms with E-state index in [-0.39, 0.29) is 5.56 Å². The van der Waals surface area contributed by atoms with Crippen molar-refractivity contribution in [1.82, 2.24) is 0 Å². The van der Waals surface area contributed by atoms with E-state index in [1.807, 2.05) is 0 Å². The third-order valence-electron chi connectivity index (χ3n) is 1.85. The number of benzene rings is 1. The van der Waals surface area contributed by atoms with Crippen LogP contribution in [-0.4, -0.2) is 0 Å². The van der Waals surface area contributed by atoms with Crippen LogP contribution in [0, 0.1) is 6.92 Å². The van der Waals surface area contributed by atoms with E-state index in [0.717, 1.165) is 6.92 Å². The van der Waals surface area contributed by atoms with E-state index in [9.17, 15) is 8.78 Å². The maximum Gasteiger partial charge on any atom is 0.270 e. The molecule has 0 saturated heterocycles. The molecule has 66 valence electrons. The third kappa shape index (κ3) is 1.55. The summed E-state index contributed by atoms with van der Waals surface area (Å²) >= 11 is 0. The second-order valence-corrected chi connectivity index (χ2v) is 2.91. The Hall–Kier alpha value is -1.12. The Morgan fingerprint density at radius 3 is 2.33 bits per heavy atom. The number of alkyl halides is 2. The van der Waals surface area contributed by atoms with Gasteiger partial charge in [0.15, 0.2) is 0 Å². The van der Waals surface area contributed by atoms with Gasteiger partial charge in [0, 0.05) is 18.2 Å². The molecule has 0 radical (unpaired) electrons. The Morgan fingerprint density at radius 2 is 1.92 bits per heavy atom. The van der Waals surface area contributed by atoms with Gasteiger partial charge in [-0.1, -0.05) is 12.1 Å². The molecule has 1 aromatic rings. The van der Waals surface area contributed by atoms with Gasteiger partial charge in [-0.3, -0.25) is 0 Å². The van der Waals surface area contributed by atoms with E-state index < -0.39 is 5.92 Å². The molecule has 3 heteroatoms. The van der Waals surface area contributed by atoms with Gasteiger partial charge < -0.3 is 5.73 Å². The molecule has 1 rings (SSSR count). The van der Waals surface area contributed by atoms with Crippen LogP contribution in [0.15, 0.2) is 18.2 Å². The number of halogens is 2. The summed E-state index contributed by atoms with van der Waals surface area (Å²) in [6, 6.07) is 4.55. The molecule has 0 heterocycles. The SMILES string of the molecule is Cc1c(N)cccc1C(C)(F)F. The van der Waals surface area contributed by atoms with Gasteiger partial charge in [0.05, 0.1) is 0 Å². The lowest BCUT2D eigenvalue weighted by Gasteiger charge is -2.14. The molecular formula is C9H11F2N. The van der Waals surface area contributed by atoms with Crippen molar-refractivity contribution in [2.24, 2.45) is 0 Å². The topological polar surface area (TPSA) is 26.0 Å². The van der Waals surface area contributed by atoms with E-state index in [1.54, 1.807) is 13.0 Å². The number of nitrogen functional groups attached to an aromatic ring is 1. The van der Waals surface area contributed by atoms with E-state index in [0.29, 0.717) is 11.3 Å². The Bertz CT molecular complexity index is 289. The van der Waals surface area contributed by atoms with Gasteiger partial charge in [-0.15, -0.1) is 0 Å². The van der Waals surface area contributed by atoms with Gasteiger partial charge in [-0.25, -0.2) is 8.78 Å². The predicted octanol–water partition coefficient (Wildman–Crippen LogP) is 2.69. The molecule has 12 heavy (non-hydrogen) atoms. The first kappa shape index (κ1) is 8.97. The Labute approximate surface area is 70.2 Å². The summed E-state index contributed by atoms with van der Waals surface area (Å²) in [4.78, 5) is 0. The average molecular weight is 171 g/mol. The summed E-state index contributed by atoms with van der Waals surface area (Å²) in [5.74, 6) is -2.81. The van der Waals surface area contributed by atoms with Crippen LogP contribution in [0.5, 0.6) is 0 Å². The summed E-state index contributed by atoms with van der Waals surface area (Å²) in [7, 11) is 0. The summed E-state index contributed by atoms with van der Waals surface area (Å²) in [6.07, 6.45) is 0. The molecule has 0 bridgehead atoms. The maximum atomic E-state index is 12.8. The van der Waals surface area contributed by atoms with Gasteiger partial charge in [-0.05, 0) is 18.6 Å². The van der Waals surface area contributed by atoms with Crippen molar-refractivity contribution in [3.05, 3.63) is 29.3 Å². The van der Waals surface area contributed by atoms with Crippen LogP contribution in [0.1, 0.15) is 18.1 Å². The molecule has 0 amide bonds. The second kappa shape index (κ2) is 2.73. The fourth-order valence-corrected chi connectivity index (χ4v) is 1.13. The average Bonchev–Trinajstić information content (AvgIpc) is 1.92. The molecule has 1 nitrogen and oxygen atoms in total. The maximum absolute atomic E-state index is 12.8. The normalized spacial score (nSPS) is 11.7. The van der Waals surface area contributed by atoms with Gasteiger partial charge >= 0.3 is 0 Å². The van der Waals surface area contributed by atoms with Crippen LogP contribution in [-0.2, 0) is 5.92 Å². The molecule has 0 fully saturated rings. The molecule has 0 saturated carbocycles. The van der Waals surface area contributed by atoms with Crippen molar-refractivity contribution in [1.29, 1.82) is 0 Å². The van der Waals surface area contributed by atoms with Crippen LogP contribution in [0.2, 0.25) is 0 Å². The lowest BCUT2D eigenvalue weighted by atomic mass is 10.0. The molecule has 0 spiro atoms. The van der Waals surface area contributed by atoms with Crippen LogP contribution in [0.25, 0.3) is 0 Å². The molecule has 0 aromatic heterocycles. The number of hydrogen-bond donors (Lipinski definition) is 1. The quantitative estimate of drug-likeness (QED) is 0.646. The molecule has 0 aliphatic heterocycles. The summed E-state index contributed by atoms with van der Waals surface area (Å²) in [5, 5.41) is 0. The molecule has 0 atom stereocenters. The van der Waals surface area contributed by atoms with Gasteiger partial charge in [0.1, 0.15) is 0 Å². The molecule has 2 N–H and O–H groups in total.